The summed E-state index contributed by atoms with van der Waals surface area (Å²) in [5, 5.41) is 8.19. The fourth-order valence-corrected chi connectivity index (χ4v) is 4.41. The minimum atomic E-state index is 0.135. The van der Waals surface area contributed by atoms with Gasteiger partial charge in [-0.25, -0.2) is 4.98 Å². The Hall–Kier alpha value is -2.73. The predicted octanol–water partition coefficient (Wildman–Crippen LogP) is 5.22. The van der Waals surface area contributed by atoms with Gasteiger partial charge in [-0.05, 0) is 69.5 Å². The molecule has 1 atom stereocenters. The van der Waals surface area contributed by atoms with E-state index in [2.05, 4.69) is 48.4 Å². The summed E-state index contributed by atoms with van der Waals surface area (Å²) in [6.45, 7) is 6.32. The third kappa shape index (κ3) is 4.49. The number of rotatable bonds is 5. The molecular formula is C25H36N4O2. The smallest absolute Gasteiger partial charge is 0.162 e. The summed E-state index contributed by atoms with van der Waals surface area (Å²) in [6.07, 6.45) is 4.50. The minimum absolute atomic E-state index is 0.135. The summed E-state index contributed by atoms with van der Waals surface area (Å²) in [4.78, 5) is 4.94. The van der Waals surface area contributed by atoms with E-state index in [-0.39, 0.29) is 5.54 Å². The average Bonchev–Trinajstić information content (AvgIpc) is 2.94. The van der Waals surface area contributed by atoms with Crippen molar-refractivity contribution in [3.05, 3.63) is 41.6 Å². The third-order valence-corrected chi connectivity index (χ3v) is 6.24. The Balaban J connectivity index is 0.00000132. The van der Waals surface area contributed by atoms with E-state index in [0.29, 0.717) is 11.5 Å². The molecule has 0 amide bonds. The molecule has 0 saturated heterocycles. The van der Waals surface area contributed by atoms with Gasteiger partial charge in [0, 0.05) is 35.4 Å². The van der Waals surface area contributed by atoms with Gasteiger partial charge in [-0.1, -0.05) is 13.8 Å². The standard InChI is InChI=1S/C23H30N4O2.C2H6/c1-23(24-2)12-6-7-18-17(14-23)16-9-11-21(26-22(16)27(18)3)25-15-8-10-19(28-4)20(13-15)29-5;1-2/h8-11,13,24H,6-7,12,14H2,1-5H3,(H,25,26);1-2H3. The van der Waals surface area contributed by atoms with Crippen molar-refractivity contribution in [1.29, 1.82) is 0 Å². The van der Waals surface area contributed by atoms with E-state index >= 15 is 0 Å². The van der Waals surface area contributed by atoms with Crippen LogP contribution >= 0.6 is 0 Å². The second kappa shape index (κ2) is 9.60. The Bertz CT molecular complexity index is 1040. The van der Waals surface area contributed by atoms with Gasteiger partial charge < -0.3 is 24.7 Å². The number of nitrogens with one attached hydrogen (secondary N) is 2. The van der Waals surface area contributed by atoms with E-state index in [1.165, 1.54) is 29.5 Å². The first-order valence-electron chi connectivity index (χ1n) is 11.1. The number of anilines is 2. The van der Waals surface area contributed by atoms with Crippen molar-refractivity contribution < 1.29 is 9.47 Å². The second-order valence-corrected chi connectivity index (χ2v) is 8.09. The topological polar surface area (TPSA) is 60.3 Å². The molecule has 1 unspecified atom stereocenters. The largest absolute Gasteiger partial charge is 0.493 e. The Morgan fingerprint density at radius 1 is 1.06 bits per heavy atom. The third-order valence-electron chi connectivity index (χ3n) is 6.24. The van der Waals surface area contributed by atoms with E-state index in [1.807, 2.05) is 32.0 Å². The second-order valence-electron chi connectivity index (χ2n) is 8.09. The van der Waals surface area contributed by atoms with Gasteiger partial charge in [0.05, 0.1) is 14.2 Å². The lowest BCUT2D eigenvalue weighted by Crippen LogP contribution is -2.41. The molecule has 31 heavy (non-hydrogen) atoms. The Morgan fingerprint density at radius 3 is 2.48 bits per heavy atom. The van der Waals surface area contributed by atoms with Crippen molar-refractivity contribution in [2.45, 2.75) is 52.0 Å². The number of aryl methyl sites for hydroxylation is 1. The molecule has 0 bridgehead atoms. The number of nitrogens with zero attached hydrogens (tertiary/aromatic N) is 2. The van der Waals surface area contributed by atoms with Crippen molar-refractivity contribution in [2.24, 2.45) is 7.05 Å². The lowest BCUT2D eigenvalue weighted by molar-refractivity contribution is 0.355. The summed E-state index contributed by atoms with van der Waals surface area (Å²) < 4.78 is 13.0. The highest BCUT2D eigenvalue weighted by Crippen LogP contribution is 2.35. The van der Waals surface area contributed by atoms with Gasteiger partial charge in [0.1, 0.15) is 11.5 Å². The summed E-state index contributed by atoms with van der Waals surface area (Å²) in [6, 6.07) is 10.0. The van der Waals surface area contributed by atoms with Crippen molar-refractivity contribution in [3.63, 3.8) is 0 Å². The van der Waals surface area contributed by atoms with Crippen molar-refractivity contribution in [2.75, 3.05) is 26.6 Å². The van der Waals surface area contributed by atoms with Gasteiger partial charge in [0.2, 0.25) is 0 Å². The quantitative estimate of drug-likeness (QED) is 0.550. The number of pyridine rings is 1. The summed E-state index contributed by atoms with van der Waals surface area (Å²) in [7, 11) is 7.48. The lowest BCUT2D eigenvalue weighted by Gasteiger charge is -2.27. The first kappa shape index (κ1) is 22.9. The van der Waals surface area contributed by atoms with Crippen LogP contribution in [0.15, 0.2) is 30.3 Å². The van der Waals surface area contributed by atoms with Crippen molar-refractivity contribution in [3.8, 4) is 11.5 Å². The number of benzene rings is 1. The van der Waals surface area contributed by atoms with Gasteiger partial charge in [-0.15, -0.1) is 0 Å². The molecule has 1 aliphatic carbocycles. The maximum absolute atomic E-state index is 5.41. The van der Waals surface area contributed by atoms with Crippen LogP contribution in [-0.2, 0) is 19.9 Å². The molecule has 0 fully saturated rings. The maximum Gasteiger partial charge on any atom is 0.162 e. The van der Waals surface area contributed by atoms with Crippen LogP contribution in [0.5, 0.6) is 11.5 Å². The molecule has 2 heterocycles. The normalized spacial score (nSPS) is 17.9. The first-order chi connectivity index (χ1) is 15.0. The molecule has 6 nitrogen and oxygen atoms in total. The highest BCUT2D eigenvalue weighted by Gasteiger charge is 2.30. The molecular weight excluding hydrogens is 388 g/mol. The van der Waals surface area contributed by atoms with E-state index in [1.54, 1.807) is 14.2 Å². The molecule has 1 aliphatic rings. The van der Waals surface area contributed by atoms with E-state index in [9.17, 15) is 0 Å². The van der Waals surface area contributed by atoms with Crippen LogP contribution in [0.3, 0.4) is 0 Å². The monoisotopic (exact) mass is 424 g/mol. The van der Waals surface area contributed by atoms with Gasteiger partial charge in [0.25, 0.3) is 0 Å². The molecule has 0 spiro atoms. The molecule has 2 N–H and O–H groups in total. The Labute approximate surface area is 186 Å². The number of likely N-dealkylation sites (N-methyl/N-ethyl adjacent to an activating group) is 1. The van der Waals surface area contributed by atoms with Gasteiger partial charge >= 0.3 is 0 Å². The SMILES string of the molecule is CC.CNC1(C)CCCc2c(c3ccc(Nc4ccc(OC)c(OC)c4)nc3n2C)C1. The average molecular weight is 425 g/mol. The number of methoxy groups -OCH3 is 2. The number of hydrogen-bond acceptors (Lipinski definition) is 5. The van der Waals surface area contributed by atoms with Crippen LogP contribution in [0.25, 0.3) is 11.0 Å². The molecule has 168 valence electrons. The maximum atomic E-state index is 5.41. The molecule has 0 radical (unpaired) electrons. The summed E-state index contributed by atoms with van der Waals surface area (Å²) >= 11 is 0. The zero-order valence-corrected chi connectivity index (χ0v) is 19.9. The van der Waals surface area contributed by atoms with Gasteiger partial charge in [-0.3, -0.25) is 0 Å². The molecule has 1 aromatic carbocycles. The Kier molecular flexibility index (Phi) is 7.11. The predicted molar refractivity (Wildman–Crippen MR) is 129 cm³/mol. The van der Waals surface area contributed by atoms with E-state index in [4.69, 9.17) is 14.5 Å². The number of fused-ring (bicyclic) bond motifs is 3. The van der Waals surface area contributed by atoms with E-state index < -0.39 is 0 Å². The zero-order valence-electron chi connectivity index (χ0n) is 19.9. The molecule has 4 rings (SSSR count). The van der Waals surface area contributed by atoms with E-state index in [0.717, 1.165) is 30.0 Å². The van der Waals surface area contributed by atoms with Crippen LogP contribution in [-0.4, -0.2) is 36.4 Å². The number of hydrogen-bond donors (Lipinski definition) is 2. The molecule has 2 aromatic heterocycles. The first-order valence-corrected chi connectivity index (χ1v) is 11.1. The fraction of sp³-hybridized carbons (Fsp3) is 0.480. The van der Waals surface area contributed by atoms with Crippen LogP contribution in [0.2, 0.25) is 0 Å². The molecule has 0 aliphatic heterocycles. The highest BCUT2D eigenvalue weighted by molar-refractivity contribution is 5.84. The minimum Gasteiger partial charge on any atom is -0.493 e. The summed E-state index contributed by atoms with van der Waals surface area (Å²) in [5.41, 5.74) is 4.92. The van der Waals surface area contributed by atoms with Crippen molar-refractivity contribution in [1.82, 2.24) is 14.9 Å². The highest BCUT2D eigenvalue weighted by atomic mass is 16.5. The van der Waals surface area contributed by atoms with Crippen LogP contribution in [0.4, 0.5) is 11.5 Å². The molecule has 6 heteroatoms. The zero-order chi connectivity index (χ0) is 22.6. The number of ether oxygens (including phenoxy) is 2. The lowest BCUT2D eigenvalue weighted by atomic mass is 9.90. The Morgan fingerprint density at radius 2 is 1.81 bits per heavy atom. The fourth-order valence-electron chi connectivity index (χ4n) is 4.41. The molecule has 0 saturated carbocycles. The van der Waals surface area contributed by atoms with Crippen LogP contribution < -0.4 is 20.1 Å². The van der Waals surface area contributed by atoms with Crippen LogP contribution in [0, 0.1) is 0 Å². The van der Waals surface area contributed by atoms with Gasteiger partial charge in [-0.2, -0.15) is 0 Å². The van der Waals surface area contributed by atoms with Gasteiger partial charge in [0.15, 0.2) is 11.5 Å². The van der Waals surface area contributed by atoms with Crippen LogP contribution in [0.1, 0.15) is 44.9 Å². The van der Waals surface area contributed by atoms with Crippen molar-refractivity contribution >= 4 is 22.5 Å². The number of aromatic nitrogens is 2. The molecule has 3 aromatic rings. The summed E-state index contributed by atoms with van der Waals surface area (Å²) in [5.74, 6) is 2.22.